The van der Waals surface area contributed by atoms with Crippen LogP contribution < -0.4 is 10.6 Å². The van der Waals surface area contributed by atoms with E-state index in [2.05, 4.69) is 38.9 Å². The number of hydrogen-bond acceptors (Lipinski definition) is 2. The summed E-state index contributed by atoms with van der Waals surface area (Å²) in [7, 11) is 5.77. The predicted molar refractivity (Wildman–Crippen MR) is 99.4 cm³/mol. The van der Waals surface area contributed by atoms with Crippen molar-refractivity contribution in [1.29, 1.82) is 0 Å². The molecule has 2 N–H and O–H groups in total. The Balaban J connectivity index is 3.44. The smallest absolute Gasteiger partial charge is 0.0651 e. The Morgan fingerprint density at radius 3 is 1.86 bits per heavy atom. The second-order valence-electron chi connectivity index (χ2n) is 6.31. The van der Waals surface area contributed by atoms with Gasteiger partial charge in [-0.3, -0.25) is 0 Å². The number of unbranched alkanes of at least 4 members (excludes halogenated alkanes) is 5. The van der Waals surface area contributed by atoms with Gasteiger partial charge in [0, 0.05) is 0 Å². The fourth-order valence-electron chi connectivity index (χ4n) is 3.29. The van der Waals surface area contributed by atoms with Crippen molar-refractivity contribution in [1.82, 2.24) is 10.6 Å². The third-order valence-corrected chi connectivity index (χ3v) is 4.88. The number of rotatable bonds is 15. The Labute approximate surface area is 134 Å². The van der Waals surface area contributed by atoms with E-state index in [0.29, 0.717) is 0 Å². The Kier molecular flexibility index (Phi) is 14.2. The van der Waals surface area contributed by atoms with Gasteiger partial charge in [0.15, 0.2) is 0 Å². The average Bonchev–Trinajstić information content (AvgIpc) is 2.51. The summed E-state index contributed by atoms with van der Waals surface area (Å²) in [5.74, 6) is 1.93. The van der Waals surface area contributed by atoms with Crippen LogP contribution in [-0.4, -0.2) is 26.8 Å². The second kappa shape index (κ2) is 14.5. The van der Waals surface area contributed by atoms with Crippen LogP contribution in [0, 0.1) is 11.8 Å². The maximum atomic E-state index is 3.86. The summed E-state index contributed by atoms with van der Waals surface area (Å²) < 4.78 is 0. The Morgan fingerprint density at radius 1 is 0.810 bits per heavy atom. The Bertz CT molecular complexity index is 239. The van der Waals surface area contributed by atoms with Gasteiger partial charge in [0.2, 0.25) is 0 Å². The summed E-state index contributed by atoms with van der Waals surface area (Å²) in [4.78, 5) is 0. The van der Waals surface area contributed by atoms with Gasteiger partial charge < -0.3 is 0 Å². The van der Waals surface area contributed by atoms with Crippen molar-refractivity contribution in [2.75, 3.05) is 13.6 Å². The van der Waals surface area contributed by atoms with Gasteiger partial charge in [-0.1, -0.05) is 33.6 Å². The molecule has 0 bridgehead atoms. The van der Waals surface area contributed by atoms with E-state index in [-0.39, 0.29) is 0 Å². The molecule has 124 valence electrons. The minimum Gasteiger partial charge on any atom is -0.0651 e. The van der Waals surface area contributed by atoms with Crippen LogP contribution >= 0.6 is 0 Å². The van der Waals surface area contributed by atoms with Crippen LogP contribution in [0.25, 0.3) is 0 Å². The van der Waals surface area contributed by atoms with Gasteiger partial charge in [-0.25, -0.2) is 0 Å². The molecule has 0 aromatic rings. The third kappa shape index (κ3) is 10.8. The summed E-state index contributed by atoms with van der Waals surface area (Å²) in [6.07, 6.45) is 13.8. The van der Waals surface area contributed by atoms with E-state index in [9.17, 15) is 0 Å². The van der Waals surface area contributed by atoms with Crippen LogP contribution in [0.3, 0.4) is 0 Å². The molecule has 3 heteroatoms. The van der Waals surface area contributed by atoms with E-state index >= 15 is 0 Å². The van der Waals surface area contributed by atoms with Crippen LogP contribution in [0.15, 0.2) is 0 Å². The zero-order chi connectivity index (χ0) is 15.9. The fraction of sp³-hybridized carbons (Fsp3) is 0.944. The molecular formula is C18H39BN2. The topological polar surface area (TPSA) is 24.1 Å². The molecule has 0 aromatic carbocycles. The van der Waals surface area contributed by atoms with E-state index in [1.54, 1.807) is 0 Å². The summed E-state index contributed by atoms with van der Waals surface area (Å²) in [5.41, 5.74) is 0.932. The van der Waals surface area contributed by atoms with Gasteiger partial charge in [-0.15, -0.1) is 0 Å². The standard InChI is InChI=1S/C18H39BN2/c1-5-16(6-2)17(7-3)14-12-10-8-9-11-13-15-21-18(19)20-4/h16-17,19-21H,5-15H2,1-4H3. The Morgan fingerprint density at radius 2 is 1.33 bits per heavy atom. The van der Waals surface area contributed by atoms with Crippen molar-refractivity contribution in [2.24, 2.45) is 11.8 Å². The van der Waals surface area contributed by atoms with Crippen molar-refractivity contribution in [2.45, 2.75) is 85.0 Å². The van der Waals surface area contributed by atoms with Gasteiger partial charge in [-0.2, -0.15) is 0 Å². The molecular weight excluding hydrogens is 255 g/mol. The molecule has 0 aliphatic rings. The van der Waals surface area contributed by atoms with Gasteiger partial charge in [0.1, 0.15) is 0 Å². The van der Waals surface area contributed by atoms with Crippen LogP contribution in [0.2, 0.25) is 0 Å². The van der Waals surface area contributed by atoms with Gasteiger partial charge in [0.25, 0.3) is 0 Å². The van der Waals surface area contributed by atoms with Crippen molar-refractivity contribution in [3.05, 3.63) is 0 Å². The number of hydrogen-bond donors (Lipinski definition) is 2. The molecule has 0 aliphatic carbocycles. The van der Waals surface area contributed by atoms with Crippen LogP contribution in [0.4, 0.5) is 0 Å². The quantitative estimate of drug-likeness (QED) is 0.353. The van der Waals surface area contributed by atoms with Gasteiger partial charge in [-0.05, 0) is 0 Å². The average molecular weight is 294 g/mol. The monoisotopic (exact) mass is 294 g/mol. The summed E-state index contributed by atoms with van der Waals surface area (Å²) >= 11 is 0. The zero-order valence-electron chi connectivity index (χ0n) is 15.1. The zero-order valence-corrected chi connectivity index (χ0v) is 15.1. The van der Waals surface area contributed by atoms with Gasteiger partial charge >= 0.3 is 101 Å². The maximum absolute atomic E-state index is 3.86. The van der Waals surface area contributed by atoms with Crippen molar-refractivity contribution in [3.8, 4) is 0 Å². The normalized spacial score (nSPS) is 12.4. The minimum atomic E-state index is 0.932. The Hall–Kier alpha value is -0.465. The molecule has 0 rings (SSSR count). The van der Waals surface area contributed by atoms with Crippen molar-refractivity contribution in [3.63, 3.8) is 0 Å². The molecule has 0 amide bonds. The van der Waals surface area contributed by atoms with E-state index in [1.807, 2.05) is 7.05 Å². The van der Waals surface area contributed by atoms with Gasteiger partial charge in [0.05, 0.1) is 0 Å². The van der Waals surface area contributed by atoms with E-state index in [1.165, 1.54) is 64.2 Å². The SMILES string of the molecule is B=C(NC)NCCCCCCCCC(CC)C(CC)CC. The van der Waals surface area contributed by atoms with Crippen molar-refractivity contribution >= 4 is 13.2 Å². The van der Waals surface area contributed by atoms with E-state index < -0.39 is 0 Å². The molecule has 2 nitrogen and oxygen atoms in total. The molecule has 0 radical (unpaired) electrons. The second-order valence-corrected chi connectivity index (χ2v) is 6.31. The first-order valence-electron chi connectivity index (χ1n) is 9.29. The summed E-state index contributed by atoms with van der Waals surface area (Å²) in [5, 5.41) is 6.29. The molecule has 0 spiro atoms. The molecule has 0 aromatic heterocycles. The molecule has 0 saturated heterocycles. The third-order valence-electron chi connectivity index (χ3n) is 4.88. The van der Waals surface area contributed by atoms with E-state index in [4.69, 9.17) is 0 Å². The summed E-state index contributed by atoms with van der Waals surface area (Å²) in [6.45, 7) is 8.13. The van der Waals surface area contributed by atoms with Crippen LogP contribution in [0.1, 0.15) is 85.0 Å². The predicted octanol–water partition coefficient (Wildman–Crippen LogP) is 3.98. The first-order valence-corrected chi connectivity index (χ1v) is 9.29. The summed E-state index contributed by atoms with van der Waals surface area (Å²) in [6, 6.07) is 0. The molecule has 0 aliphatic heterocycles. The minimum absolute atomic E-state index is 0.932. The first kappa shape index (κ1) is 20.5. The van der Waals surface area contributed by atoms with E-state index in [0.717, 1.165) is 24.1 Å². The molecule has 0 fully saturated rings. The first-order chi connectivity index (χ1) is 10.2. The van der Waals surface area contributed by atoms with Crippen LogP contribution in [0.5, 0.6) is 0 Å². The van der Waals surface area contributed by atoms with Crippen LogP contribution in [-0.2, 0) is 0 Å². The number of nitrogens with one attached hydrogen (secondary N) is 2. The molecule has 1 unspecified atom stereocenters. The molecule has 0 saturated carbocycles. The van der Waals surface area contributed by atoms with Crippen molar-refractivity contribution < 1.29 is 0 Å². The molecule has 0 heterocycles. The fourth-order valence-corrected chi connectivity index (χ4v) is 3.29. The molecule has 1 atom stereocenters. The molecule has 21 heavy (non-hydrogen) atoms.